The molecule has 0 aliphatic heterocycles. The maximum atomic E-state index is 4.62. The van der Waals surface area contributed by atoms with Crippen molar-refractivity contribution in [2.24, 2.45) is 4.99 Å². The summed E-state index contributed by atoms with van der Waals surface area (Å²) in [6.45, 7) is 6.65. The van der Waals surface area contributed by atoms with E-state index in [1.54, 1.807) is 11.3 Å². The number of guanidine groups is 1. The Morgan fingerprint density at radius 2 is 2.00 bits per heavy atom. The number of aliphatic imine (C=N–C) groups is 1. The Kier molecular flexibility index (Phi) is 7.60. The third-order valence-electron chi connectivity index (χ3n) is 3.44. The molecule has 0 saturated heterocycles. The summed E-state index contributed by atoms with van der Waals surface area (Å²) in [4.78, 5) is 10.3. The molecule has 23 heavy (non-hydrogen) atoms. The van der Waals surface area contributed by atoms with Crippen molar-refractivity contribution in [1.82, 2.24) is 15.6 Å². The Morgan fingerprint density at radius 3 is 2.70 bits per heavy atom. The number of thiazole rings is 1. The second kappa shape index (κ2) is 10.0. The summed E-state index contributed by atoms with van der Waals surface area (Å²) < 4.78 is 0. The predicted molar refractivity (Wildman–Crippen MR) is 99.1 cm³/mol. The summed E-state index contributed by atoms with van der Waals surface area (Å²) in [6.07, 6.45) is 5.17. The molecule has 5 heteroatoms. The molecule has 1 aromatic carbocycles. The Labute approximate surface area is 143 Å². The minimum atomic E-state index is 0.638. The molecule has 2 aromatic rings. The summed E-state index contributed by atoms with van der Waals surface area (Å²) in [5.41, 5.74) is 1.38. The standard InChI is InChI=1S/C18H26N4S/c1-3-16-13-21-17(23-16)14-22-18(19-4-2)20-12-8-11-15-9-6-5-7-10-15/h5-7,9-10,13H,3-4,8,11-12,14H2,1-2H3,(H2,19,20,22). The number of rotatable bonds is 8. The van der Waals surface area contributed by atoms with Crippen molar-refractivity contribution >= 4 is 17.3 Å². The molecule has 1 aromatic heterocycles. The lowest BCUT2D eigenvalue weighted by Crippen LogP contribution is -2.37. The van der Waals surface area contributed by atoms with E-state index in [1.807, 2.05) is 6.20 Å². The normalized spacial score (nSPS) is 11.5. The second-order valence-corrected chi connectivity index (χ2v) is 6.48. The average Bonchev–Trinajstić information content (AvgIpc) is 3.05. The summed E-state index contributed by atoms with van der Waals surface area (Å²) in [5.74, 6) is 0.869. The number of nitrogens with zero attached hydrogens (tertiary/aromatic N) is 2. The van der Waals surface area contributed by atoms with E-state index in [2.05, 4.69) is 64.8 Å². The molecule has 0 saturated carbocycles. The van der Waals surface area contributed by atoms with Crippen LogP contribution in [0.3, 0.4) is 0 Å². The highest BCUT2D eigenvalue weighted by atomic mass is 32.1. The van der Waals surface area contributed by atoms with Gasteiger partial charge in [0.05, 0.1) is 6.54 Å². The Hall–Kier alpha value is -1.88. The molecule has 0 atom stereocenters. The van der Waals surface area contributed by atoms with Crippen LogP contribution in [0.15, 0.2) is 41.5 Å². The van der Waals surface area contributed by atoms with Gasteiger partial charge >= 0.3 is 0 Å². The largest absolute Gasteiger partial charge is 0.357 e. The number of benzene rings is 1. The van der Waals surface area contributed by atoms with E-state index in [1.165, 1.54) is 10.4 Å². The Morgan fingerprint density at radius 1 is 1.17 bits per heavy atom. The van der Waals surface area contributed by atoms with Crippen LogP contribution in [0.4, 0.5) is 0 Å². The third kappa shape index (κ3) is 6.40. The monoisotopic (exact) mass is 330 g/mol. The SMILES string of the molecule is CCNC(=NCc1ncc(CC)s1)NCCCc1ccccc1. The van der Waals surface area contributed by atoms with E-state index in [0.717, 1.165) is 43.3 Å². The van der Waals surface area contributed by atoms with Crippen LogP contribution in [0.25, 0.3) is 0 Å². The van der Waals surface area contributed by atoms with Crippen molar-refractivity contribution in [3.05, 3.63) is 52.0 Å². The van der Waals surface area contributed by atoms with Gasteiger partial charge in [0.1, 0.15) is 5.01 Å². The number of nitrogens with one attached hydrogen (secondary N) is 2. The molecule has 0 radical (unpaired) electrons. The number of hydrogen-bond donors (Lipinski definition) is 2. The lowest BCUT2D eigenvalue weighted by atomic mass is 10.1. The molecule has 2 rings (SSSR count). The zero-order valence-electron chi connectivity index (χ0n) is 14.0. The van der Waals surface area contributed by atoms with Crippen LogP contribution in [-0.2, 0) is 19.4 Å². The Bertz CT molecular complexity index is 592. The van der Waals surface area contributed by atoms with Gasteiger partial charge in [-0.15, -0.1) is 11.3 Å². The summed E-state index contributed by atoms with van der Waals surface area (Å²) in [7, 11) is 0. The molecule has 0 aliphatic rings. The highest BCUT2D eigenvalue weighted by Crippen LogP contribution is 2.13. The molecule has 0 bridgehead atoms. The van der Waals surface area contributed by atoms with Gasteiger partial charge in [0.2, 0.25) is 0 Å². The number of hydrogen-bond acceptors (Lipinski definition) is 3. The Balaban J connectivity index is 1.77. The molecule has 0 spiro atoms. The lowest BCUT2D eigenvalue weighted by Gasteiger charge is -2.10. The van der Waals surface area contributed by atoms with Gasteiger partial charge < -0.3 is 10.6 Å². The quantitative estimate of drug-likeness (QED) is 0.443. The van der Waals surface area contributed by atoms with E-state index >= 15 is 0 Å². The first-order valence-electron chi connectivity index (χ1n) is 8.31. The fraction of sp³-hybridized carbons (Fsp3) is 0.444. The number of aromatic nitrogens is 1. The van der Waals surface area contributed by atoms with Crippen LogP contribution in [0, 0.1) is 0 Å². The van der Waals surface area contributed by atoms with Crippen molar-refractivity contribution < 1.29 is 0 Å². The van der Waals surface area contributed by atoms with Crippen molar-refractivity contribution in [2.45, 2.75) is 39.7 Å². The second-order valence-electron chi connectivity index (χ2n) is 5.28. The van der Waals surface area contributed by atoms with E-state index in [9.17, 15) is 0 Å². The van der Waals surface area contributed by atoms with Crippen molar-refractivity contribution in [3.8, 4) is 0 Å². The molecule has 0 amide bonds. The van der Waals surface area contributed by atoms with Gasteiger partial charge in [-0.1, -0.05) is 37.3 Å². The van der Waals surface area contributed by atoms with Crippen LogP contribution < -0.4 is 10.6 Å². The van der Waals surface area contributed by atoms with Crippen LogP contribution in [0.2, 0.25) is 0 Å². The van der Waals surface area contributed by atoms with Gasteiger partial charge in [0.25, 0.3) is 0 Å². The molecule has 0 fully saturated rings. The average molecular weight is 331 g/mol. The van der Waals surface area contributed by atoms with Gasteiger partial charge in [-0.2, -0.15) is 0 Å². The minimum absolute atomic E-state index is 0.638. The fourth-order valence-corrected chi connectivity index (χ4v) is 3.00. The van der Waals surface area contributed by atoms with E-state index in [0.29, 0.717) is 6.54 Å². The highest BCUT2D eigenvalue weighted by Gasteiger charge is 2.01. The topological polar surface area (TPSA) is 49.3 Å². The lowest BCUT2D eigenvalue weighted by molar-refractivity contribution is 0.743. The molecule has 4 nitrogen and oxygen atoms in total. The minimum Gasteiger partial charge on any atom is -0.357 e. The molecular weight excluding hydrogens is 304 g/mol. The van der Waals surface area contributed by atoms with Gasteiger partial charge in [0, 0.05) is 24.2 Å². The van der Waals surface area contributed by atoms with Crippen molar-refractivity contribution in [2.75, 3.05) is 13.1 Å². The van der Waals surface area contributed by atoms with Gasteiger partial charge in [-0.25, -0.2) is 9.98 Å². The van der Waals surface area contributed by atoms with Crippen LogP contribution in [0.5, 0.6) is 0 Å². The van der Waals surface area contributed by atoms with E-state index in [-0.39, 0.29) is 0 Å². The maximum absolute atomic E-state index is 4.62. The molecule has 1 heterocycles. The van der Waals surface area contributed by atoms with Gasteiger partial charge in [-0.05, 0) is 31.7 Å². The first-order chi connectivity index (χ1) is 11.3. The first kappa shape index (κ1) is 17.5. The van der Waals surface area contributed by atoms with Gasteiger partial charge in [-0.3, -0.25) is 0 Å². The van der Waals surface area contributed by atoms with Crippen LogP contribution in [0.1, 0.15) is 35.7 Å². The maximum Gasteiger partial charge on any atom is 0.191 e. The third-order valence-corrected chi connectivity index (χ3v) is 4.57. The first-order valence-corrected chi connectivity index (χ1v) is 9.13. The van der Waals surface area contributed by atoms with Crippen LogP contribution in [-0.4, -0.2) is 24.0 Å². The molecule has 0 aliphatic carbocycles. The summed E-state index contributed by atoms with van der Waals surface area (Å²) >= 11 is 1.74. The van der Waals surface area contributed by atoms with Crippen molar-refractivity contribution in [3.63, 3.8) is 0 Å². The highest BCUT2D eigenvalue weighted by molar-refractivity contribution is 7.11. The van der Waals surface area contributed by atoms with E-state index < -0.39 is 0 Å². The molecule has 2 N–H and O–H groups in total. The molecule has 0 unspecified atom stereocenters. The zero-order chi connectivity index (χ0) is 16.3. The fourth-order valence-electron chi connectivity index (χ4n) is 2.22. The van der Waals surface area contributed by atoms with Crippen LogP contribution >= 0.6 is 11.3 Å². The zero-order valence-corrected chi connectivity index (χ0v) is 14.8. The predicted octanol–water partition coefficient (Wildman–Crippen LogP) is 3.39. The van der Waals surface area contributed by atoms with Gasteiger partial charge in [0.15, 0.2) is 5.96 Å². The summed E-state index contributed by atoms with van der Waals surface area (Å²) in [5, 5.41) is 7.76. The molecular formula is C18H26N4S. The smallest absolute Gasteiger partial charge is 0.191 e. The molecule has 124 valence electrons. The number of aryl methyl sites for hydroxylation is 2. The van der Waals surface area contributed by atoms with Crippen molar-refractivity contribution in [1.29, 1.82) is 0 Å². The summed E-state index contributed by atoms with van der Waals surface area (Å²) in [6, 6.07) is 10.6. The van der Waals surface area contributed by atoms with E-state index in [4.69, 9.17) is 0 Å².